The summed E-state index contributed by atoms with van der Waals surface area (Å²) in [6.45, 7) is 13.0. The van der Waals surface area contributed by atoms with Crippen LogP contribution >= 0.6 is 24.0 Å². The normalized spacial score (nSPS) is 20.7. The van der Waals surface area contributed by atoms with Crippen molar-refractivity contribution in [3.05, 3.63) is 11.6 Å². The Balaban J connectivity index is 0.00000300. The molecule has 1 unspecified atom stereocenters. The fourth-order valence-electron chi connectivity index (χ4n) is 3.72. The molecule has 1 atom stereocenters. The van der Waals surface area contributed by atoms with E-state index in [1.165, 1.54) is 0 Å². The van der Waals surface area contributed by atoms with Crippen LogP contribution < -0.4 is 10.6 Å². The Hall–Kier alpha value is -0.980. The van der Waals surface area contributed by atoms with Gasteiger partial charge in [-0.05, 0) is 27.2 Å². The molecule has 1 aromatic rings. The van der Waals surface area contributed by atoms with Crippen LogP contribution in [0.2, 0.25) is 0 Å². The van der Waals surface area contributed by atoms with E-state index in [0.29, 0.717) is 6.61 Å². The Morgan fingerprint density at radius 2 is 2.10 bits per heavy atom. The lowest BCUT2D eigenvalue weighted by Gasteiger charge is -2.40. The van der Waals surface area contributed by atoms with Gasteiger partial charge in [0.25, 0.3) is 0 Å². The Morgan fingerprint density at radius 3 is 2.79 bits per heavy atom. The molecule has 0 spiro atoms. The van der Waals surface area contributed by atoms with Crippen LogP contribution in [-0.4, -0.2) is 83.7 Å². The van der Waals surface area contributed by atoms with Crippen molar-refractivity contribution in [1.82, 2.24) is 30.3 Å². The minimum Gasteiger partial charge on any atom is -0.379 e. The lowest BCUT2D eigenvalue weighted by atomic mass is 10.0. The van der Waals surface area contributed by atoms with E-state index >= 15 is 0 Å². The van der Waals surface area contributed by atoms with Gasteiger partial charge < -0.3 is 20.1 Å². The topological polar surface area (TPSA) is 88.8 Å². The second kappa shape index (κ2) is 11.4. The summed E-state index contributed by atoms with van der Waals surface area (Å²) >= 11 is 0. The third-order valence-corrected chi connectivity index (χ3v) is 5.35. The highest BCUT2D eigenvalue weighted by molar-refractivity contribution is 14.0. The van der Waals surface area contributed by atoms with Crippen molar-refractivity contribution >= 4 is 29.9 Å². The van der Waals surface area contributed by atoms with E-state index in [4.69, 9.17) is 14.5 Å². The Kier molecular flexibility index (Phi) is 9.57. The number of hydrogen-bond donors (Lipinski definition) is 2. The fraction of sp³-hybridized carbons (Fsp3) is 0.842. The van der Waals surface area contributed by atoms with E-state index in [-0.39, 0.29) is 35.6 Å². The molecule has 3 rings (SSSR count). The first-order valence-electron chi connectivity index (χ1n) is 10.3. The number of nitrogens with one attached hydrogen (secondary N) is 2. The average Bonchev–Trinajstić information content (AvgIpc) is 3.09. The first-order chi connectivity index (χ1) is 13.5. The van der Waals surface area contributed by atoms with Gasteiger partial charge in [-0.15, -0.1) is 24.0 Å². The van der Waals surface area contributed by atoms with E-state index in [9.17, 15) is 0 Å². The number of rotatable bonds is 7. The molecule has 0 amide bonds. The van der Waals surface area contributed by atoms with Crippen LogP contribution in [0.4, 0.5) is 0 Å². The Labute approximate surface area is 191 Å². The number of aromatic nitrogens is 3. The number of aryl methyl sites for hydroxylation is 1. The van der Waals surface area contributed by atoms with Crippen LogP contribution in [0.5, 0.6) is 0 Å². The predicted molar refractivity (Wildman–Crippen MR) is 124 cm³/mol. The molecule has 29 heavy (non-hydrogen) atoms. The molecule has 3 heterocycles. The summed E-state index contributed by atoms with van der Waals surface area (Å²) in [4.78, 5) is 11.9. The van der Waals surface area contributed by atoms with Gasteiger partial charge >= 0.3 is 0 Å². The summed E-state index contributed by atoms with van der Waals surface area (Å²) in [7, 11) is 1.67. The van der Waals surface area contributed by atoms with Crippen molar-refractivity contribution in [2.45, 2.75) is 58.3 Å². The number of morpholine rings is 1. The van der Waals surface area contributed by atoms with Gasteiger partial charge in [-0.3, -0.25) is 9.89 Å². The van der Waals surface area contributed by atoms with Gasteiger partial charge in [0.2, 0.25) is 0 Å². The number of guanidine groups is 1. The van der Waals surface area contributed by atoms with Crippen molar-refractivity contribution in [3.8, 4) is 0 Å². The first-order valence-corrected chi connectivity index (χ1v) is 10.3. The maximum Gasteiger partial charge on any atom is 0.191 e. The molecule has 1 aromatic heterocycles. The number of ether oxygens (including phenoxy) is 2. The molecule has 10 heteroatoms. The number of methoxy groups -OCH3 is 1. The summed E-state index contributed by atoms with van der Waals surface area (Å²) in [6.07, 6.45) is 1.93. The van der Waals surface area contributed by atoms with Crippen molar-refractivity contribution in [3.63, 3.8) is 0 Å². The molecule has 166 valence electrons. The van der Waals surface area contributed by atoms with E-state index < -0.39 is 0 Å². The smallest absolute Gasteiger partial charge is 0.191 e. The van der Waals surface area contributed by atoms with Crippen molar-refractivity contribution in [2.75, 3.05) is 46.5 Å². The largest absolute Gasteiger partial charge is 0.379 e. The van der Waals surface area contributed by atoms with E-state index in [1.807, 2.05) is 4.68 Å². The molecule has 1 fully saturated rings. The Bertz CT molecular complexity index is 659. The van der Waals surface area contributed by atoms with Crippen LogP contribution in [0.1, 0.15) is 38.8 Å². The molecular formula is C19H36IN7O2. The van der Waals surface area contributed by atoms with Gasteiger partial charge in [-0.2, -0.15) is 5.10 Å². The van der Waals surface area contributed by atoms with Crippen LogP contribution in [0, 0.1) is 0 Å². The average molecular weight is 521 g/mol. The van der Waals surface area contributed by atoms with Gasteiger partial charge in [0.15, 0.2) is 11.8 Å². The van der Waals surface area contributed by atoms with Gasteiger partial charge in [0.1, 0.15) is 12.4 Å². The van der Waals surface area contributed by atoms with Crippen molar-refractivity contribution in [2.24, 2.45) is 4.99 Å². The predicted octanol–water partition coefficient (Wildman–Crippen LogP) is 1.02. The summed E-state index contributed by atoms with van der Waals surface area (Å²) in [5.74, 6) is 2.67. The number of hydrogen-bond acceptors (Lipinski definition) is 6. The van der Waals surface area contributed by atoms with Crippen molar-refractivity contribution < 1.29 is 9.47 Å². The molecule has 0 aromatic carbocycles. The quantitative estimate of drug-likeness (QED) is 0.315. The zero-order chi connectivity index (χ0) is 20.0. The van der Waals surface area contributed by atoms with E-state index in [1.54, 1.807) is 7.11 Å². The summed E-state index contributed by atoms with van der Waals surface area (Å²) < 4.78 is 12.6. The molecule has 0 saturated carbocycles. The molecule has 9 nitrogen and oxygen atoms in total. The van der Waals surface area contributed by atoms with Gasteiger partial charge in [0, 0.05) is 44.7 Å². The minimum atomic E-state index is 0. The summed E-state index contributed by atoms with van der Waals surface area (Å²) in [5.41, 5.74) is 0.00677. The van der Waals surface area contributed by atoms with Crippen LogP contribution in [0.25, 0.3) is 0 Å². The maximum absolute atomic E-state index is 5.48. The summed E-state index contributed by atoms with van der Waals surface area (Å²) in [5, 5.41) is 11.5. The van der Waals surface area contributed by atoms with Gasteiger partial charge in [-0.25, -0.2) is 9.67 Å². The third-order valence-electron chi connectivity index (χ3n) is 5.35. The number of fused-ring (bicyclic) bond motifs is 1. The molecular weight excluding hydrogens is 485 g/mol. The molecule has 2 N–H and O–H groups in total. The zero-order valence-electron chi connectivity index (χ0n) is 18.1. The zero-order valence-corrected chi connectivity index (χ0v) is 20.4. The summed E-state index contributed by atoms with van der Waals surface area (Å²) in [6, 6.07) is 0.286. The van der Waals surface area contributed by atoms with Crippen LogP contribution in [0.3, 0.4) is 0 Å². The number of halogens is 1. The molecule has 0 radical (unpaired) electrons. The molecule has 0 bridgehead atoms. The van der Waals surface area contributed by atoms with Gasteiger partial charge in [0.05, 0.1) is 26.3 Å². The second-order valence-electron chi connectivity index (χ2n) is 8.05. The highest BCUT2D eigenvalue weighted by Gasteiger charge is 2.28. The first kappa shape index (κ1) is 24.3. The third kappa shape index (κ3) is 6.76. The molecule has 0 aliphatic carbocycles. The molecule has 2 aliphatic rings. The molecule has 1 saturated heterocycles. The van der Waals surface area contributed by atoms with Crippen LogP contribution in [0.15, 0.2) is 4.99 Å². The SMILES string of the molecule is CCNC(=NCC(C)(C)N1CCOCC1)NC1CCc2nc(COC)nn2C1.I. The Morgan fingerprint density at radius 1 is 1.34 bits per heavy atom. The second-order valence-corrected chi connectivity index (χ2v) is 8.05. The van der Waals surface area contributed by atoms with E-state index in [2.05, 4.69) is 46.4 Å². The standard InChI is InChI=1S/C19H35N7O2.HI/c1-5-20-18(21-14-19(2,3)25-8-10-28-11-9-25)22-15-6-7-17-23-16(13-27-4)24-26(17)12-15;/h15H,5-14H2,1-4H3,(H2,20,21,22);1H. The highest BCUT2D eigenvalue weighted by atomic mass is 127. The maximum atomic E-state index is 5.48. The number of aliphatic imine (C=N–C) groups is 1. The fourth-order valence-corrected chi connectivity index (χ4v) is 3.72. The van der Waals surface area contributed by atoms with E-state index in [0.717, 1.165) is 76.4 Å². The number of nitrogens with zero attached hydrogens (tertiary/aromatic N) is 5. The minimum absolute atomic E-state index is 0. The molecule has 2 aliphatic heterocycles. The van der Waals surface area contributed by atoms with Gasteiger partial charge in [-0.1, -0.05) is 0 Å². The lowest BCUT2D eigenvalue weighted by molar-refractivity contribution is -0.00684. The highest BCUT2D eigenvalue weighted by Crippen LogP contribution is 2.17. The van der Waals surface area contributed by atoms with Crippen LogP contribution in [-0.2, 0) is 29.0 Å². The monoisotopic (exact) mass is 521 g/mol. The lowest BCUT2D eigenvalue weighted by Crippen LogP contribution is -2.53. The van der Waals surface area contributed by atoms with Crippen molar-refractivity contribution in [1.29, 1.82) is 0 Å².